The molecule has 1 aromatic rings. The van der Waals surface area contributed by atoms with E-state index in [1.807, 2.05) is 0 Å². The first-order valence-electron chi connectivity index (χ1n) is 4.10. The van der Waals surface area contributed by atoms with Gasteiger partial charge >= 0.3 is 0 Å². The predicted octanol–water partition coefficient (Wildman–Crippen LogP) is 3.18. The van der Waals surface area contributed by atoms with Crippen LogP contribution in [0.5, 0.6) is 0 Å². The smallest absolute Gasteiger partial charge is 0.240 e. The zero-order valence-corrected chi connectivity index (χ0v) is 8.71. The maximum absolute atomic E-state index is 13.0. The molecule has 0 bridgehead atoms. The third kappa shape index (κ3) is 3.61. The Bertz CT molecular complexity index is 335. The number of hydrogen-bond donors (Lipinski definition) is 1. The van der Waals surface area contributed by atoms with Crippen molar-refractivity contribution >= 4 is 12.4 Å². The Morgan fingerprint density at radius 3 is 1.88 bits per heavy atom. The van der Waals surface area contributed by atoms with E-state index in [0.717, 1.165) is 0 Å². The number of hydrogen-bond acceptors (Lipinski definition) is 1. The molecule has 0 fully saturated rings. The lowest BCUT2D eigenvalue weighted by Gasteiger charge is -2.13. The molecule has 0 aliphatic carbocycles. The lowest BCUT2D eigenvalue weighted by molar-refractivity contribution is 0.127. The summed E-state index contributed by atoms with van der Waals surface area (Å²) in [5, 5.41) is 0. The second-order valence-corrected chi connectivity index (χ2v) is 3.02. The molecule has 0 aliphatic rings. The summed E-state index contributed by atoms with van der Waals surface area (Å²) in [6, 6.07) is -0.668. The molecule has 0 heterocycles. The molecule has 0 aromatic heterocycles. The van der Waals surface area contributed by atoms with Gasteiger partial charge < -0.3 is 5.73 Å². The van der Waals surface area contributed by atoms with E-state index in [0.29, 0.717) is 12.1 Å². The summed E-state index contributed by atoms with van der Waals surface area (Å²) in [5.74, 6) is -3.61. The molecular weight excluding hydrogens is 253 g/mol. The van der Waals surface area contributed by atoms with E-state index >= 15 is 0 Å². The molecule has 2 N–H and O–H groups in total. The summed E-state index contributed by atoms with van der Waals surface area (Å²) < 4.78 is 62.3. The van der Waals surface area contributed by atoms with Crippen LogP contribution < -0.4 is 5.73 Å². The van der Waals surface area contributed by atoms with Crippen molar-refractivity contribution in [1.29, 1.82) is 0 Å². The van der Waals surface area contributed by atoms with Gasteiger partial charge in [-0.25, -0.2) is 22.0 Å². The Morgan fingerprint density at radius 2 is 1.50 bits per heavy atom. The third-order valence-corrected chi connectivity index (χ3v) is 1.85. The van der Waals surface area contributed by atoms with E-state index < -0.39 is 41.9 Å². The standard InChI is InChI=1S/C9H8F5N.ClH/c10-4-1-5(11)9(6(12)2-4)7(15)3-8(13)14;/h1-2,7-8H,3,15H2;1H/t7-;/m1./s1. The first-order chi connectivity index (χ1) is 6.91. The van der Waals surface area contributed by atoms with Gasteiger partial charge in [0.2, 0.25) is 6.43 Å². The molecule has 92 valence electrons. The molecule has 1 atom stereocenters. The predicted molar refractivity (Wildman–Crippen MR) is 51.1 cm³/mol. The quantitative estimate of drug-likeness (QED) is 0.831. The third-order valence-electron chi connectivity index (χ3n) is 1.85. The van der Waals surface area contributed by atoms with E-state index in [2.05, 4.69) is 0 Å². The zero-order valence-electron chi connectivity index (χ0n) is 7.89. The molecule has 0 radical (unpaired) electrons. The van der Waals surface area contributed by atoms with Crippen molar-refractivity contribution < 1.29 is 22.0 Å². The number of nitrogens with two attached hydrogens (primary N) is 1. The van der Waals surface area contributed by atoms with Gasteiger partial charge in [-0.3, -0.25) is 0 Å². The molecule has 0 saturated heterocycles. The van der Waals surface area contributed by atoms with Crippen molar-refractivity contribution in [2.24, 2.45) is 5.73 Å². The van der Waals surface area contributed by atoms with Gasteiger partial charge in [0.1, 0.15) is 17.5 Å². The molecule has 7 heteroatoms. The highest BCUT2D eigenvalue weighted by atomic mass is 35.5. The number of rotatable bonds is 3. The highest BCUT2D eigenvalue weighted by Crippen LogP contribution is 2.24. The van der Waals surface area contributed by atoms with Gasteiger partial charge in [0.15, 0.2) is 0 Å². The summed E-state index contributed by atoms with van der Waals surface area (Å²) in [6.45, 7) is 0. The number of benzene rings is 1. The van der Waals surface area contributed by atoms with Crippen molar-refractivity contribution in [2.45, 2.75) is 18.9 Å². The lowest BCUT2D eigenvalue weighted by atomic mass is 10.0. The van der Waals surface area contributed by atoms with Crippen LogP contribution in [-0.2, 0) is 0 Å². The van der Waals surface area contributed by atoms with Crippen LogP contribution in [-0.4, -0.2) is 6.43 Å². The van der Waals surface area contributed by atoms with Crippen LogP contribution in [0.1, 0.15) is 18.0 Å². The fourth-order valence-electron chi connectivity index (χ4n) is 1.22. The zero-order chi connectivity index (χ0) is 11.6. The normalized spacial score (nSPS) is 12.4. The van der Waals surface area contributed by atoms with Crippen molar-refractivity contribution in [3.8, 4) is 0 Å². The fourth-order valence-corrected chi connectivity index (χ4v) is 1.22. The minimum absolute atomic E-state index is 0. The molecule has 0 spiro atoms. The monoisotopic (exact) mass is 261 g/mol. The molecule has 0 unspecified atom stereocenters. The average molecular weight is 262 g/mol. The molecule has 1 aromatic carbocycles. The summed E-state index contributed by atoms with van der Waals surface area (Å²) in [7, 11) is 0. The van der Waals surface area contributed by atoms with E-state index in [-0.39, 0.29) is 12.4 Å². The lowest BCUT2D eigenvalue weighted by Crippen LogP contribution is -2.17. The first kappa shape index (κ1) is 15.1. The molecule has 1 rings (SSSR count). The molecule has 0 aliphatic heterocycles. The maximum Gasteiger partial charge on any atom is 0.240 e. The Kier molecular flexibility index (Phi) is 5.67. The summed E-state index contributed by atoms with van der Waals surface area (Å²) >= 11 is 0. The first-order valence-corrected chi connectivity index (χ1v) is 4.10. The van der Waals surface area contributed by atoms with Gasteiger partial charge in [0.05, 0.1) is 0 Å². The Morgan fingerprint density at radius 1 is 1.06 bits per heavy atom. The van der Waals surface area contributed by atoms with Gasteiger partial charge in [-0.05, 0) is 0 Å². The highest BCUT2D eigenvalue weighted by Gasteiger charge is 2.21. The Balaban J connectivity index is 0.00000225. The molecular formula is C9H9ClF5N. The summed E-state index contributed by atoms with van der Waals surface area (Å²) in [4.78, 5) is 0. The van der Waals surface area contributed by atoms with Crippen molar-refractivity contribution in [2.75, 3.05) is 0 Å². The van der Waals surface area contributed by atoms with Crippen LogP contribution in [0.3, 0.4) is 0 Å². The second-order valence-electron chi connectivity index (χ2n) is 3.02. The molecule has 0 saturated carbocycles. The largest absolute Gasteiger partial charge is 0.324 e. The number of alkyl halides is 2. The SMILES string of the molecule is Cl.N[C@H](CC(F)F)c1c(F)cc(F)cc1F. The van der Waals surface area contributed by atoms with Crippen LogP contribution in [0.2, 0.25) is 0 Å². The van der Waals surface area contributed by atoms with E-state index in [9.17, 15) is 22.0 Å². The summed E-state index contributed by atoms with van der Waals surface area (Å²) in [5.41, 5.74) is 4.45. The Hall–Kier alpha value is -0.880. The minimum Gasteiger partial charge on any atom is -0.324 e. The summed E-state index contributed by atoms with van der Waals surface area (Å²) in [6.07, 6.45) is -3.65. The van der Waals surface area contributed by atoms with Gasteiger partial charge in [-0.15, -0.1) is 12.4 Å². The minimum atomic E-state index is -2.77. The maximum atomic E-state index is 13.0. The topological polar surface area (TPSA) is 26.0 Å². The second kappa shape index (κ2) is 6.00. The fraction of sp³-hybridized carbons (Fsp3) is 0.333. The molecule has 1 nitrogen and oxygen atoms in total. The van der Waals surface area contributed by atoms with Crippen molar-refractivity contribution in [3.05, 3.63) is 35.1 Å². The molecule has 16 heavy (non-hydrogen) atoms. The van der Waals surface area contributed by atoms with E-state index in [1.165, 1.54) is 0 Å². The van der Waals surface area contributed by atoms with Crippen LogP contribution in [0.4, 0.5) is 22.0 Å². The van der Waals surface area contributed by atoms with Crippen LogP contribution >= 0.6 is 12.4 Å². The van der Waals surface area contributed by atoms with Crippen LogP contribution in [0.15, 0.2) is 12.1 Å². The van der Waals surface area contributed by atoms with Crippen molar-refractivity contribution in [3.63, 3.8) is 0 Å². The molecule has 0 amide bonds. The average Bonchev–Trinajstić information content (AvgIpc) is 1.99. The van der Waals surface area contributed by atoms with Gasteiger partial charge in [0.25, 0.3) is 0 Å². The van der Waals surface area contributed by atoms with Crippen LogP contribution in [0.25, 0.3) is 0 Å². The van der Waals surface area contributed by atoms with E-state index in [4.69, 9.17) is 5.73 Å². The van der Waals surface area contributed by atoms with E-state index in [1.54, 1.807) is 0 Å². The van der Waals surface area contributed by atoms with Gasteiger partial charge in [-0.2, -0.15) is 0 Å². The van der Waals surface area contributed by atoms with Crippen molar-refractivity contribution in [1.82, 2.24) is 0 Å². The number of halogens is 6. The van der Waals surface area contributed by atoms with Crippen LogP contribution in [0, 0.1) is 17.5 Å². The Labute approximate surface area is 94.8 Å². The van der Waals surface area contributed by atoms with Gasteiger partial charge in [-0.1, -0.05) is 0 Å². The van der Waals surface area contributed by atoms with Gasteiger partial charge in [0, 0.05) is 30.2 Å². The highest BCUT2D eigenvalue weighted by molar-refractivity contribution is 5.85.